The number of ether oxygens (including phenoxy) is 2. The van der Waals surface area contributed by atoms with Crippen LogP contribution in [0.5, 0.6) is 0 Å². The third kappa shape index (κ3) is 4.29. The summed E-state index contributed by atoms with van der Waals surface area (Å²) in [5.74, 6) is 0.128. The predicted octanol–water partition coefficient (Wildman–Crippen LogP) is 6.31. The minimum Gasteiger partial charge on any atom is -0.341 e. The van der Waals surface area contributed by atoms with Crippen molar-refractivity contribution in [3.63, 3.8) is 0 Å². The minimum absolute atomic E-state index is 0.244. The van der Waals surface area contributed by atoms with Gasteiger partial charge in [-0.1, -0.05) is 105 Å². The lowest BCUT2D eigenvalue weighted by atomic mass is 9.92. The number of benzene rings is 3. The Morgan fingerprint density at radius 3 is 1.79 bits per heavy atom. The molecule has 0 unspecified atom stereocenters. The van der Waals surface area contributed by atoms with E-state index in [0.29, 0.717) is 13.2 Å². The molecular weight excluding hydrogens is 356 g/mol. The third-order valence-electron chi connectivity index (χ3n) is 6.02. The highest BCUT2D eigenvalue weighted by atomic mass is 16.7. The molecule has 1 heterocycles. The Hall–Kier alpha value is -2.42. The van der Waals surface area contributed by atoms with E-state index in [9.17, 15) is 0 Å². The molecule has 1 aliphatic heterocycles. The quantitative estimate of drug-likeness (QED) is 0.494. The van der Waals surface area contributed by atoms with Gasteiger partial charge in [-0.15, -0.1) is 0 Å². The standard InChI is InChI=1S/C27H30O2/c1-3-21(2)18-22-14-16-23(17-15-22)24-19-28-27(29-20-24,25-10-6-4-7-11-25)26-12-8-5-9-13-26/h4-17,21,24H,3,18-20H2,1-2H3/t21-/m1/s1. The van der Waals surface area contributed by atoms with E-state index in [2.05, 4.69) is 62.4 Å². The van der Waals surface area contributed by atoms with Gasteiger partial charge in [0, 0.05) is 17.0 Å². The zero-order valence-corrected chi connectivity index (χ0v) is 17.4. The summed E-state index contributed by atoms with van der Waals surface area (Å²) in [6.45, 7) is 5.83. The van der Waals surface area contributed by atoms with Crippen molar-refractivity contribution in [2.24, 2.45) is 5.92 Å². The monoisotopic (exact) mass is 386 g/mol. The summed E-state index contributed by atoms with van der Waals surface area (Å²) >= 11 is 0. The first-order chi connectivity index (χ1) is 14.2. The van der Waals surface area contributed by atoms with E-state index < -0.39 is 5.79 Å². The van der Waals surface area contributed by atoms with E-state index in [1.807, 2.05) is 36.4 Å². The molecule has 0 aliphatic carbocycles. The first kappa shape index (κ1) is 19.9. The topological polar surface area (TPSA) is 18.5 Å². The molecule has 0 aromatic heterocycles. The first-order valence-electron chi connectivity index (χ1n) is 10.7. The van der Waals surface area contributed by atoms with Crippen LogP contribution < -0.4 is 0 Å². The Labute approximate surface area is 174 Å². The number of hydrogen-bond donors (Lipinski definition) is 0. The molecule has 0 N–H and O–H groups in total. The molecule has 3 aromatic carbocycles. The van der Waals surface area contributed by atoms with E-state index >= 15 is 0 Å². The van der Waals surface area contributed by atoms with Crippen molar-refractivity contribution in [1.82, 2.24) is 0 Å². The van der Waals surface area contributed by atoms with Gasteiger partial charge in [-0.25, -0.2) is 0 Å². The molecule has 0 saturated carbocycles. The van der Waals surface area contributed by atoms with Crippen molar-refractivity contribution in [3.05, 3.63) is 107 Å². The van der Waals surface area contributed by atoms with Crippen LogP contribution in [0, 0.1) is 5.92 Å². The molecule has 0 bridgehead atoms. The molecule has 4 rings (SSSR count). The van der Waals surface area contributed by atoms with Gasteiger partial charge in [0.15, 0.2) is 0 Å². The second-order valence-corrected chi connectivity index (χ2v) is 8.13. The van der Waals surface area contributed by atoms with Gasteiger partial charge >= 0.3 is 0 Å². The highest BCUT2D eigenvalue weighted by Crippen LogP contribution is 2.40. The fraction of sp³-hybridized carbons (Fsp3) is 0.333. The zero-order valence-electron chi connectivity index (χ0n) is 17.4. The van der Waals surface area contributed by atoms with Gasteiger partial charge in [0.2, 0.25) is 5.79 Å². The molecule has 1 fully saturated rings. The molecule has 0 amide bonds. The summed E-state index contributed by atoms with van der Waals surface area (Å²) in [6.07, 6.45) is 2.35. The van der Waals surface area contributed by atoms with Crippen LogP contribution in [-0.4, -0.2) is 13.2 Å². The fourth-order valence-electron chi connectivity index (χ4n) is 4.01. The lowest BCUT2D eigenvalue weighted by Gasteiger charge is -2.41. The van der Waals surface area contributed by atoms with Gasteiger partial charge in [0.25, 0.3) is 0 Å². The Balaban J connectivity index is 1.53. The molecule has 0 spiro atoms. The van der Waals surface area contributed by atoms with E-state index in [4.69, 9.17) is 9.47 Å². The fourth-order valence-corrected chi connectivity index (χ4v) is 4.01. The average Bonchev–Trinajstić information content (AvgIpc) is 2.81. The molecule has 1 saturated heterocycles. The summed E-state index contributed by atoms with van der Waals surface area (Å²) in [6, 6.07) is 29.5. The van der Waals surface area contributed by atoms with Crippen LogP contribution in [0.3, 0.4) is 0 Å². The SMILES string of the molecule is CC[C@@H](C)Cc1ccc(C2COC(c3ccccc3)(c3ccccc3)OC2)cc1. The predicted molar refractivity (Wildman–Crippen MR) is 118 cm³/mol. The number of rotatable bonds is 6. The molecule has 3 aromatic rings. The van der Waals surface area contributed by atoms with Crippen LogP contribution in [0.2, 0.25) is 0 Å². The van der Waals surface area contributed by atoms with Crippen LogP contribution >= 0.6 is 0 Å². The van der Waals surface area contributed by atoms with Gasteiger partial charge in [-0.05, 0) is 23.5 Å². The summed E-state index contributed by atoms with van der Waals surface area (Å²) in [5.41, 5.74) is 4.76. The molecular formula is C27H30O2. The normalized spacial score (nSPS) is 17.7. The van der Waals surface area contributed by atoms with Crippen LogP contribution in [-0.2, 0) is 21.7 Å². The summed E-state index contributed by atoms with van der Waals surface area (Å²) < 4.78 is 13.0. The van der Waals surface area contributed by atoms with E-state index in [1.54, 1.807) is 0 Å². The highest BCUT2D eigenvalue weighted by Gasteiger charge is 2.41. The molecule has 1 aliphatic rings. The van der Waals surface area contributed by atoms with E-state index in [-0.39, 0.29) is 5.92 Å². The van der Waals surface area contributed by atoms with Crippen LogP contribution in [0.1, 0.15) is 48.4 Å². The van der Waals surface area contributed by atoms with Gasteiger partial charge in [0.1, 0.15) is 0 Å². The number of hydrogen-bond acceptors (Lipinski definition) is 2. The van der Waals surface area contributed by atoms with Gasteiger partial charge < -0.3 is 9.47 Å². The molecule has 2 nitrogen and oxygen atoms in total. The van der Waals surface area contributed by atoms with Crippen LogP contribution in [0.25, 0.3) is 0 Å². The van der Waals surface area contributed by atoms with Crippen molar-refractivity contribution >= 4 is 0 Å². The second kappa shape index (κ2) is 8.94. The molecule has 0 radical (unpaired) electrons. The summed E-state index contributed by atoms with van der Waals surface area (Å²) in [7, 11) is 0. The smallest absolute Gasteiger partial charge is 0.222 e. The average molecular weight is 387 g/mol. The van der Waals surface area contributed by atoms with Crippen LogP contribution in [0.15, 0.2) is 84.9 Å². The zero-order chi connectivity index (χ0) is 20.1. The maximum absolute atomic E-state index is 6.49. The largest absolute Gasteiger partial charge is 0.341 e. The molecule has 2 heteroatoms. The summed E-state index contributed by atoms with van der Waals surface area (Å²) in [4.78, 5) is 0. The maximum Gasteiger partial charge on any atom is 0.222 e. The van der Waals surface area contributed by atoms with Crippen molar-refractivity contribution in [2.75, 3.05) is 13.2 Å². The van der Waals surface area contributed by atoms with Gasteiger partial charge in [0.05, 0.1) is 13.2 Å². The van der Waals surface area contributed by atoms with Crippen molar-refractivity contribution in [1.29, 1.82) is 0 Å². The molecule has 1 atom stereocenters. The maximum atomic E-state index is 6.49. The summed E-state index contributed by atoms with van der Waals surface area (Å²) in [5, 5.41) is 0. The highest BCUT2D eigenvalue weighted by molar-refractivity contribution is 5.35. The van der Waals surface area contributed by atoms with Crippen molar-refractivity contribution in [2.45, 2.75) is 38.4 Å². The Morgan fingerprint density at radius 1 is 0.793 bits per heavy atom. The van der Waals surface area contributed by atoms with E-state index in [0.717, 1.165) is 23.5 Å². The Bertz CT molecular complexity index is 837. The van der Waals surface area contributed by atoms with Gasteiger partial charge in [-0.2, -0.15) is 0 Å². The van der Waals surface area contributed by atoms with Crippen molar-refractivity contribution < 1.29 is 9.47 Å². The lowest BCUT2D eigenvalue weighted by molar-refractivity contribution is -0.256. The third-order valence-corrected chi connectivity index (χ3v) is 6.02. The van der Waals surface area contributed by atoms with Gasteiger partial charge in [-0.3, -0.25) is 0 Å². The Morgan fingerprint density at radius 2 is 1.31 bits per heavy atom. The van der Waals surface area contributed by atoms with Crippen molar-refractivity contribution in [3.8, 4) is 0 Å². The molecule has 29 heavy (non-hydrogen) atoms. The molecule has 150 valence electrons. The van der Waals surface area contributed by atoms with E-state index in [1.165, 1.54) is 17.5 Å². The lowest BCUT2D eigenvalue weighted by Crippen LogP contribution is -2.42. The first-order valence-corrected chi connectivity index (χ1v) is 10.7. The van der Waals surface area contributed by atoms with Crippen LogP contribution in [0.4, 0.5) is 0 Å². The minimum atomic E-state index is -0.838. The second-order valence-electron chi connectivity index (χ2n) is 8.13. The Kier molecular flexibility index (Phi) is 6.13.